The van der Waals surface area contributed by atoms with E-state index in [0.717, 1.165) is 16.7 Å². The zero-order valence-electron chi connectivity index (χ0n) is 13.4. The average Bonchev–Trinajstić information content (AvgIpc) is 2.35. The number of carbonyl (C=O) groups is 1. The molecule has 1 rings (SSSR count). The van der Waals surface area contributed by atoms with Crippen LogP contribution in [0.3, 0.4) is 0 Å². The van der Waals surface area contributed by atoms with Gasteiger partial charge in [0.05, 0.1) is 6.54 Å². The molecule has 0 heterocycles. The summed E-state index contributed by atoms with van der Waals surface area (Å²) in [6.07, 6.45) is 3.38. The van der Waals surface area contributed by atoms with Crippen molar-refractivity contribution in [3.05, 3.63) is 0 Å². The lowest BCUT2D eigenvalue weighted by molar-refractivity contribution is 0.110. The van der Waals surface area contributed by atoms with Crippen molar-refractivity contribution in [3.63, 3.8) is 0 Å². The standard InChI is InChI=1S/C8H16.C4H8F2N2O.C2H6.FH.H2/c1-7-3-5-8(2)6-4-7;1-8(4(7)9)2-3(5)6;1-2;;/h7-8H,3-6H2,1-2H3;3H,2H2,1H3,(H2,7,9);1-2H3;2*1H. The summed E-state index contributed by atoms with van der Waals surface area (Å²) in [5.74, 6) is 2.04. The monoisotopic (exact) mass is 302 g/mol. The fourth-order valence-electron chi connectivity index (χ4n) is 1.72. The van der Waals surface area contributed by atoms with Gasteiger partial charge in [0.1, 0.15) is 0 Å². The van der Waals surface area contributed by atoms with Gasteiger partial charge in [0.15, 0.2) is 0 Å². The van der Waals surface area contributed by atoms with Crippen LogP contribution in [0.1, 0.15) is 54.8 Å². The van der Waals surface area contributed by atoms with Crippen molar-refractivity contribution in [2.24, 2.45) is 17.6 Å². The van der Waals surface area contributed by atoms with Crippen molar-refractivity contribution in [1.82, 2.24) is 4.90 Å². The normalized spacial score (nSPS) is 20.6. The summed E-state index contributed by atoms with van der Waals surface area (Å²) in [6.45, 7) is 8.13. The molecule has 1 aliphatic carbocycles. The largest absolute Gasteiger partial charge is 0.351 e. The molecule has 0 radical (unpaired) electrons. The van der Waals surface area contributed by atoms with E-state index in [9.17, 15) is 13.6 Å². The Morgan fingerprint density at radius 1 is 1.20 bits per heavy atom. The maximum absolute atomic E-state index is 11.4. The molecule has 0 bridgehead atoms. The quantitative estimate of drug-likeness (QED) is 0.801. The van der Waals surface area contributed by atoms with Crippen molar-refractivity contribution < 1.29 is 19.7 Å². The highest BCUT2D eigenvalue weighted by Crippen LogP contribution is 2.27. The average molecular weight is 302 g/mol. The van der Waals surface area contributed by atoms with Crippen molar-refractivity contribution in [3.8, 4) is 0 Å². The number of alkyl halides is 2. The minimum atomic E-state index is -2.51. The maximum Gasteiger partial charge on any atom is 0.314 e. The number of amides is 2. The van der Waals surface area contributed by atoms with E-state index in [1.807, 2.05) is 13.8 Å². The first kappa shape index (κ1) is 24.1. The van der Waals surface area contributed by atoms with Crippen molar-refractivity contribution >= 4 is 6.03 Å². The number of hydrogen-bond acceptors (Lipinski definition) is 1. The van der Waals surface area contributed by atoms with E-state index in [1.165, 1.54) is 32.7 Å². The molecule has 0 spiro atoms. The number of primary amides is 1. The molecule has 2 N–H and O–H groups in total. The molecule has 2 amide bonds. The van der Waals surface area contributed by atoms with Gasteiger partial charge in [-0.15, -0.1) is 0 Å². The molecule has 0 atom stereocenters. The Bertz CT molecular complexity index is 216. The molecule has 126 valence electrons. The predicted octanol–water partition coefficient (Wildman–Crippen LogP) is 4.52. The SMILES string of the molecule is CC.CC1CCC(C)CC1.CN(CC(F)F)C(N)=O.F.[HH]. The third-order valence-corrected chi connectivity index (χ3v) is 3.09. The number of nitrogens with two attached hydrogens (primary N) is 1. The lowest BCUT2D eigenvalue weighted by Gasteiger charge is -2.22. The summed E-state index contributed by atoms with van der Waals surface area (Å²) in [5, 5.41) is 0. The Labute approximate surface area is 122 Å². The van der Waals surface area contributed by atoms with Crippen molar-refractivity contribution in [2.45, 2.75) is 59.8 Å². The first-order valence-corrected chi connectivity index (χ1v) is 7.11. The topological polar surface area (TPSA) is 46.3 Å². The minimum absolute atomic E-state index is 0. The Kier molecular flexibility index (Phi) is 17.4. The van der Waals surface area contributed by atoms with Gasteiger partial charge in [0.25, 0.3) is 6.43 Å². The molecular formula is C14H33F3N2O. The Morgan fingerprint density at radius 2 is 1.50 bits per heavy atom. The molecule has 0 aromatic rings. The lowest BCUT2D eigenvalue weighted by atomic mass is 9.84. The molecule has 1 saturated carbocycles. The van der Waals surface area contributed by atoms with Gasteiger partial charge in [-0.25, -0.2) is 13.6 Å². The van der Waals surface area contributed by atoms with Crippen LogP contribution < -0.4 is 5.73 Å². The van der Waals surface area contributed by atoms with Crippen LogP contribution in [0, 0.1) is 11.8 Å². The van der Waals surface area contributed by atoms with Crippen molar-refractivity contribution in [2.75, 3.05) is 13.6 Å². The Balaban J connectivity index is -0.000000113. The molecule has 1 aliphatic rings. The van der Waals surface area contributed by atoms with Gasteiger partial charge in [-0.05, 0) is 11.8 Å². The zero-order valence-corrected chi connectivity index (χ0v) is 13.4. The Morgan fingerprint density at radius 3 is 1.65 bits per heavy atom. The molecule has 0 aromatic heterocycles. The third-order valence-electron chi connectivity index (χ3n) is 3.09. The van der Waals surface area contributed by atoms with E-state index >= 15 is 0 Å². The fraction of sp³-hybridized carbons (Fsp3) is 0.929. The first-order chi connectivity index (χ1) is 8.82. The van der Waals surface area contributed by atoms with Crippen molar-refractivity contribution in [1.29, 1.82) is 0 Å². The molecule has 0 unspecified atom stereocenters. The van der Waals surface area contributed by atoms with Gasteiger partial charge in [0, 0.05) is 8.47 Å². The summed E-state index contributed by atoms with van der Waals surface area (Å²) in [5.41, 5.74) is 4.64. The number of rotatable bonds is 2. The second kappa shape index (κ2) is 14.5. The number of hydrogen-bond donors (Lipinski definition) is 1. The molecule has 6 heteroatoms. The van der Waals surface area contributed by atoms with Crippen LogP contribution in [0.5, 0.6) is 0 Å². The van der Waals surface area contributed by atoms with Crippen LogP contribution in [-0.4, -0.2) is 30.9 Å². The summed E-state index contributed by atoms with van der Waals surface area (Å²) in [6, 6.07) is -0.838. The highest BCUT2D eigenvalue weighted by atomic mass is 19.3. The van der Waals surface area contributed by atoms with Crippen LogP contribution in [0.15, 0.2) is 0 Å². The molecule has 0 saturated heterocycles. The van der Waals surface area contributed by atoms with Crippen LogP contribution >= 0.6 is 0 Å². The van der Waals surface area contributed by atoms with E-state index in [-0.39, 0.29) is 6.13 Å². The molecule has 3 nitrogen and oxygen atoms in total. The second-order valence-electron chi connectivity index (χ2n) is 4.97. The fourth-order valence-corrected chi connectivity index (χ4v) is 1.72. The number of urea groups is 1. The summed E-state index contributed by atoms with van der Waals surface area (Å²) >= 11 is 0. The number of halogens is 3. The molecule has 0 aliphatic heterocycles. The van der Waals surface area contributed by atoms with E-state index in [2.05, 4.69) is 19.6 Å². The van der Waals surface area contributed by atoms with Gasteiger partial charge >= 0.3 is 6.03 Å². The molecule has 0 aromatic carbocycles. The van der Waals surface area contributed by atoms with Gasteiger partial charge < -0.3 is 10.6 Å². The van der Waals surface area contributed by atoms with Gasteiger partial charge in [0.2, 0.25) is 0 Å². The van der Waals surface area contributed by atoms with Gasteiger partial charge in [-0.1, -0.05) is 53.4 Å². The second-order valence-corrected chi connectivity index (χ2v) is 4.97. The van der Waals surface area contributed by atoms with Crippen LogP contribution in [0.2, 0.25) is 0 Å². The highest BCUT2D eigenvalue weighted by Gasteiger charge is 2.13. The summed E-state index contributed by atoms with van der Waals surface area (Å²) in [4.78, 5) is 10.8. The third kappa shape index (κ3) is 15.1. The lowest BCUT2D eigenvalue weighted by Crippen LogP contribution is -2.35. The van der Waals surface area contributed by atoms with Crippen LogP contribution in [0.4, 0.5) is 18.3 Å². The Hall–Kier alpha value is -0.940. The molecular weight excluding hydrogens is 269 g/mol. The molecule has 20 heavy (non-hydrogen) atoms. The number of carbonyl (C=O) groups excluding carboxylic acids is 1. The van der Waals surface area contributed by atoms with Crippen LogP contribution in [-0.2, 0) is 0 Å². The maximum atomic E-state index is 11.4. The first-order valence-electron chi connectivity index (χ1n) is 7.11. The predicted molar refractivity (Wildman–Crippen MR) is 81.0 cm³/mol. The summed E-state index contributed by atoms with van der Waals surface area (Å²) in [7, 11) is 1.22. The zero-order chi connectivity index (χ0) is 15.4. The molecule has 1 fully saturated rings. The van der Waals surface area contributed by atoms with E-state index in [4.69, 9.17) is 0 Å². The summed E-state index contributed by atoms with van der Waals surface area (Å²) < 4.78 is 22.8. The van der Waals surface area contributed by atoms with E-state index < -0.39 is 19.0 Å². The minimum Gasteiger partial charge on any atom is -0.351 e. The number of nitrogens with zero attached hydrogens (tertiary/aromatic N) is 1. The highest BCUT2D eigenvalue weighted by molar-refractivity contribution is 5.71. The van der Waals surface area contributed by atoms with E-state index in [1.54, 1.807) is 0 Å². The van der Waals surface area contributed by atoms with Gasteiger partial charge in [-0.3, -0.25) is 4.70 Å². The van der Waals surface area contributed by atoms with E-state index in [0.29, 0.717) is 0 Å². The van der Waals surface area contributed by atoms with Gasteiger partial charge in [-0.2, -0.15) is 0 Å². The van der Waals surface area contributed by atoms with Crippen LogP contribution in [0.25, 0.3) is 0 Å². The smallest absolute Gasteiger partial charge is 0.314 e.